The molecule has 1 aromatic heterocycles. The topological polar surface area (TPSA) is 61.4 Å². The molecule has 20 heavy (non-hydrogen) atoms. The van der Waals surface area contributed by atoms with Crippen LogP contribution in [0.3, 0.4) is 0 Å². The molecule has 2 amide bonds. The van der Waals surface area contributed by atoms with Gasteiger partial charge in [0.2, 0.25) is 0 Å². The van der Waals surface area contributed by atoms with E-state index in [-0.39, 0.29) is 24.2 Å². The zero-order valence-electron chi connectivity index (χ0n) is 12.8. The fourth-order valence-electron chi connectivity index (χ4n) is 2.06. The van der Waals surface area contributed by atoms with Crippen LogP contribution < -0.4 is 10.6 Å². The number of urea groups is 1. The second kappa shape index (κ2) is 7.64. The van der Waals surface area contributed by atoms with Crippen LogP contribution >= 0.6 is 11.3 Å². The summed E-state index contributed by atoms with van der Waals surface area (Å²) in [5.74, 6) is 0. The van der Waals surface area contributed by atoms with Gasteiger partial charge in [-0.05, 0) is 45.7 Å². The van der Waals surface area contributed by atoms with Gasteiger partial charge >= 0.3 is 6.03 Å². The van der Waals surface area contributed by atoms with Gasteiger partial charge in [-0.1, -0.05) is 6.92 Å². The van der Waals surface area contributed by atoms with E-state index in [0.717, 1.165) is 12.8 Å². The minimum Gasteiger partial charge on any atom is -0.396 e. The van der Waals surface area contributed by atoms with Gasteiger partial charge in [-0.2, -0.15) is 0 Å². The Kier molecular flexibility index (Phi) is 6.49. The van der Waals surface area contributed by atoms with Crippen molar-refractivity contribution in [1.29, 1.82) is 0 Å². The number of rotatable bonds is 7. The largest absolute Gasteiger partial charge is 0.396 e. The predicted molar refractivity (Wildman–Crippen MR) is 84.3 cm³/mol. The molecule has 0 aliphatic heterocycles. The number of hydrogen-bond acceptors (Lipinski definition) is 3. The van der Waals surface area contributed by atoms with Crippen LogP contribution in [0, 0.1) is 6.92 Å². The summed E-state index contributed by atoms with van der Waals surface area (Å²) in [4.78, 5) is 14.6. The molecule has 4 nitrogen and oxygen atoms in total. The highest BCUT2D eigenvalue weighted by molar-refractivity contribution is 7.11. The summed E-state index contributed by atoms with van der Waals surface area (Å²) in [6, 6.07) is 4.13. The lowest BCUT2D eigenvalue weighted by Crippen LogP contribution is -2.52. The van der Waals surface area contributed by atoms with E-state index in [1.54, 1.807) is 11.3 Å². The summed E-state index contributed by atoms with van der Waals surface area (Å²) in [5, 5.41) is 15.0. The Bertz CT molecular complexity index is 433. The molecule has 0 spiro atoms. The van der Waals surface area contributed by atoms with Gasteiger partial charge in [0.05, 0.1) is 0 Å². The van der Waals surface area contributed by atoms with Crippen LogP contribution in [0.15, 0.2) is 12.1 Å². The van der Waals surface area contributed by atoms with Gasteiger partial charge in [0, 0.05) is 34.4 Å². The molecule has 0 saturated heterocycles. The van der Waals surface area contributed by atoms with Gasteiger partial charge in [-0.15, -0.1) is 11.3 Å². The number of aliphatic hydroxyl groups is 1. The maximum absolute atomic E-state index is 12.0. The zero-order chi connectivity index (χ0) is 15.2. The van der Waals surface area contributed by atoms with E-state index < -0.39 is 0 Å². The van der Waals surface area contributed by atoms with Crippen molar-refractivity contribution in [2.75, 3.05) is 6.61 Å². The van der Waals surface area contributed by atoms with Gasteiger partial charge in [0.15, 0.2) is 0 Å². The first-order chi connectivity index (χ1) is 9.38. The van der Waals surface area contributed by atoms with Crippen molar-refractivity contribution < 1.29 is 9.90 Å². The third-order valence-electron chi connectivity index (χ3n) is 3.54. The molecule has 0 aliphatic rings. The fraction of sp³-hybridized carbons (Fsp3) is 0.667. The summed E-state index contributed by atoms with van der Waals surface area (Å²) < 4.78 is 0. The van der Waals surface area contributed by atoms with Crippen molar-refractivity contribution in [2.24, 2.45) is 0 Å². The number of carbonyl (C=O) groups is 1. The van der Waals surface area contributed by atoms with Gasteiger partial charge in [0.25, 0.3) is 0 Å². The van der Waals surface area contributed by atoms with Crippen LogP contribution in [-0.4, -0.2) is 29.3 Å². The standard InChI is InChI=1S/C15H26N2O2S/c1-5-15(4,8-9-18)17-14(19)16-11(2)10-13-7-6-12(3)20-13/h6-7,11,18H,5,8-10H2,1-4H3,(H2,16,17,19). The summed E-state index contributed by atoms with van der Waals surface area (Å²) >= 11 is 1.76. The van der Waals surface area contributed by atoms with Crippen LogP contribution in [0.5, 0.6) is 0 Å². The molecule has 0 fully saturated rings. The van der Waals surface area contributed by atoms with Crippen LogP contribution in [0.1, 0.15) is 43.4 Å². The van der Waals surface area contributed by atoms with Crippen molar-refractivity contribution in [3.63, 3.8) is 0 Å². The third-order valence-corrected chi connectivity index (χ3v) is 4.56. The number of aryl methyl sites for hydroxylation is 1. The van der Waals surface area contributed by atoms with Crippen LogP contribution in [0.2, 0.25) is 0 Å². The monoisotopic (exact) mass is 298 g/mol. The lowest BCUT2D eigenvalue weighted by Gasteiger charge is -2.29. The smallest absolute Gasteiger partial charge is 0.315 e. The van der Waals surface area contributed by atoms with E-state index in [1.807, 2.05) is 20.8 Å². The molecule has 2 atom stereocenters. The SMILES string of the molecule is CCC(C)(CCO)NC(=O)NC(C)Cc1ccc(C)s1. The zero-order valence-corrected chi connectivity index (χ0v) is 13.6. The molecule has 1 aromatic rings. The Hall–Kier alpha value is -1.07. The fourth-order valence-corrected chi connectivity index (χ4v) is 3.08. The molecule has 0 bridgehead atoms. The number of hydrogen-bond donors (Lipinski definition) is 3. The third kappa shape index (κ3) is 5.51. The Morgan fingerprint density at radius 1 is 1.50 bits per heavy atom. The van der Waals surface area contributed by atoms with Crippen molar-refractivity contribution in [3.8, 4) is 0 Å². The lowest BCUT2D eigenvalue weighted by molar-refractivity contribution is 0.199. The van der Waals surface area contributed by atoms with Gasteiger partial charge in [0.1, 0.15) is 0 Å². The number of carbonyl (C=O) groups excluding carboxylic acids is 1. The quantitative estimate of drug-likeness (QED) is 0.725. The molecule has 2 unspecified atom stereocenters. The molecule has 0 aromatic carbocycles. The van der Waals surface area contributed by atoms with E-state index in [4.69, 9.17) is 5.11 Å². The highest BCUT2D eigenvalue weighted by Crippen LogP contribution is 2.17. The van der Waals surface area contributed by atoms with E-state index in [9.17, 15) is 4.79 Å². The first kappa shape index (κ1) is 17.0. The Morgan fingerprint density at radius 2 is 2.20 bits per heavy atom. The van der Waals surface area contributed by atoms with Crippen molar-refractivity contribution in [2.45, 2.75) is 58.5 Å². The van der Waals surface area contributed by atoms with Crippen LogP contribution in [0.25, 0.3) is 0 Å². The molecular weight excluding hydrogens is 272 g/mol. The molecule has 3 N–H and O–H groups in total. The maximum Gasteiger partial charge on any atom is 0.315 e. The van der Waals surface area contributed by atoms with E-state index >= 15 is 0 Å². The average molecular weight is 298 g/mol. The molecule has 0 saturated carbocycles. The number of nitrogens with one attached hydrogen (secondary N) is 2. The Morgan fingerprint density at radius 3 is 2.70 bits per heavy atom. The normalized spacial score (nSPS) is 15.4. The second-order valence-corrected chi connectivity index (χ2v) is 6.98. The maximum atomic E-state index is 12.0. The van der Waals surface area contributed by atoms with Crippen LogP contribution in [-0.2, 0) is 6.42 Å². The van der Waals surface area contributed by atoms with Gasteiger partial charge in [-0.25, -0.2) is 4.79 Å². The number of aliphatic hydroxyl groups excluding tert-OH is 1. The highest BCUT2D eigenvalue weighted by Gasteiger charge is 2.24. The Labute approximate surface area is 125 Å². The van der Waals surface area contributed by atoms with E-state index in [2.05, 4.69) is 29.7 Å². The van der Waals surface area contributed by atoms with E-state index in [1.165, 1.54) is 9.75 Å². The van der Waals surface area contributed by atoms with E-state index in [0.29, 0.717) is 6.42 Å². The summed E-state index contributed by atoms with van der Waals surface area (Å²) in [6.45, 7) is 8.13. The second-order valence-electron chi connectivity index (χ2n) is 5.60. The molecule has 114 valence electrons. The van der Waals surface area contributed by atoms with Crippen molar-refractivity contribution >= 4 is 17.4 Å². The molecular formula is C15H26N2O2S. The predicted octanol–water partition coefficient (Wildman–Crippen LogP) is 2.84. The number of amides is 2. The van der Waals surface area contributed by atoms with Gasteiger partial charge < -0.3 is 15.7 Å². The van der Waals surface area contributed by atoms with Crippen LogP contribution in [0.4, 0.5) is 4.79 Å². The first-order valence-electron chi connectivity index (χ1n) is 7.13. The molecule has 1 heterocycles. The highest BCUT2D eigenvalue weighted by atomic mass is 32.1. The number of thiophene rings is 1. The molecule has 5 heteroatoms. The minimum absolute atomic E-state index is 0.0780. The molecule has 0 aliphatic carbocycles. The van der Waals surface area contributed by atoms with Gasteiger partial charge in [-0.3, -0.25) is 0 Å². The summed E-state index contributed by atoms with van der Waals surface area (Å²) in [7, 11) is 0. The van der Waals surface area contributed by atoms with Crippen molar-refractivity contribution in [1.82, 2.24) is 10.6 Å². The first-order valence-corrected chi connectivity index (χ1v) is 7.95. The van der Waals surface area contributed by atoms with Crippen molar-refractivity contribution in [3.05, 3.63) is 21.9 Å². The average Bonchev–Trinajstić information content (AvgIpc) is 2.74. The molecule has 0 radical (unpaired) electrons. The lowest BCUT2D eigenvalue weighted by atomic mass is 9.95. The minimum atomic E-state index is -0.349. The molecule has 1 rings (SSSR count). The summed E-state index contributed by atoms with van der Waals surface area (Å²) in [5.41, 5.74) is -0.349. The summed E-state index contributed by atoms with van der Waals surface area (Å²) in [6.07, 6.45) is 2.20. The Balaban J connectivity index is 2.44.